The van der Waals surface area contributed by atoms with Crippen LogP contribution < -0.4 is 5.32 Å². The van der Waals surface area contributed by atoms with Crippen molar-refractivity contribution in [2.24, 2.45) is 0 Å². The first-order valence-corrected chi connectivity index (χ1v) is 9.15. The fraction of sp³-hybridized carbons (Fsp3) is 0. The molecule has 0 bridgehead atoms. The highest BCUT2D eigenvalue weighted by atomic mass is 32.1. The van der Waals surface area contributed by atoms with Crippen molar-refractivity contribution in [1.82, 2.24) is 19.6 Å². The zero-order chi connectivity index (χ0) is 18.2. The Kier molecular flexibility index (Phi) is 3.65. The summed E-state index contributed by atoms with van der Waals surface area (Å²) in [5.41, 5.74) is 3.81. The number of nitrogens with one attached hydrogen (secondary N) is 1. The highest BCUT2D eigenvalue weighted by Crippen LogP contribution is 2.34. The maximum absolute atomic E-state index is 12.8. The quantitative estimate of drug-likeness (QED) is 0.514. The molecule has 3 heterocycles. The van der Waals surface area contributed by atoms with Crippen molar-refractivity contribution in [3.8, 4) is 10.6 Å². The first-order chi connectivity index (χ1) is 13.3. The van der Waals surface area contributed by atoms with Gasteiger partial charge in [0, 0.05) is 11.8 Å². The number of fused-ring (bicyclic) bond motifs is 2. The highest BCUT2D eigenvalue weighted by molar-refractivity contribution is 7.21. The van der Waals surface area contributed by atoms with Gasteiger partial charge in [0.15, 0.2) is 5.65 Å². The number of hydrogen-bond donors (Lipinski definition) is 1. The minimum absolute atomic E-state index is 0.195. The van der Waals surface area contributed by atoms with Crippen molar-refractivity contribution in [3.63, 3.8) is 0 Å². The number of carbonyl (C=O) groups excluding carboxylic acids is 1. The molecule has 0 saturated heterocycles. The van der Waals surface area contributed by atoms with Crippen molar-refractivity contribution in [3.05, 3.63) is 78.8 Å². The number of anilines is 1. The maximum atomic E-state index is 12.8. The average Bonchev–Trinajstić information content (AvgIpc) is 3.34. The van der Waals surface area contributed by atoms with Gasteiger partial charge in [-0.1, -0.05) is 24.3 Å². The van der Waals surface area contributed by atoms with E-state index in [1.54, 1.807) is 40.4 Å². The molecular weight excluding hydrogens is 358 g/mol. The molecule has 0 unspecified atom stereocenters. The maximum Gasteiger partial charge on any atom is 0.257 e. The van der Waals surface area contributed by atoms with Crippen LogP contribution in [0, 0.1) is 0 Å². The third-order valence-corrected chi connectivity index (χ3v) is 5.32. The number of pyridine rings is 1. The average molecular weight is 371 g/mol. The van der Waals surface area contributed by atoms with Crippen molar-refractivity contribution < 1.29 is 4.79 Å². The van der Waals surface area contributed by atoms with Gasteiger partial charge >= 0.3 is 0 Å². The topological polar surface area (TPSA) is 72.2 Å². The third-order valence-electron chi connectivity index (χ3n) is 4.25. The summed E-state index contributed by atoms with van der Waals surface area (Å²) >= 11 is 1.61. The smallest absolute Gasteiger partial charge is 0.257 e. The van der Waals surface area contributed by atoms with E-state index in [-0.39, 0.29) is 5.91 Å². The SMILES string of the molecule is O=C(Nc1ccccc1-c1nc2ccccc2s1)c1ccc2nncn2c1. The Bertz CT molecular complexity index is 1260. The van der Waals surface area contributed by atoms with Crippen LogP contribution in [-0.2, 0) is 0 Å². The van der Waals surface area contributed by atoms with Gasteiger partial charge in [0.25, 0.3) is 5.91 Å². The fourth-order valence-electron chi connectivity index (χ4n) is 2.92. The van der Waals surface area contributed by atoms with E-state index in [2.05, 4.69) is 15.5 Å². The summed E-state index contributed by atoms with van der Waals surface area (Å²) in [4.78, 5) is 17.5. The zero-order valence-corrected chi connectivity index (χ0v) is 14.9. The predicted octanol–water partition coefficient (Wildman–Crippen LogP) is 4.26. The molecule has 0 radical (unpaired) electrons. The third kappa shape index (κ3) is 2.84. The van der Waals surface area contributed by atoms with Gasteiger partial charge in [0.2, 0.25) is 0 Å². The summed E-state index contributed by atoms with van der Waals surface area (Å²) < 4.78 is 2.83. The number of amides is 1. The van der Waals surface area contributed by atoms with Crippen LogP contribution in [0.25, 0.3) is 26.4 Å². The van der Waals surface area contributed by atoms with E-state index >= 15 is 0 Å². The second kappa shape index (κ2) is 6.30. The van der Waals surface area contributed by atoms with E-state index in [1.165, 1.54) is 0 Å². The monoisotopic (exact) mass is 371 g/mol. The standard InChI is InChI=1S/C20H13N5OS/c26-19(13-9-10-18-24-21-12-25(18)11-13)22-15-6-2-1-5-14(15)20-23-16-7-3-4-8-17(16)27-20/h1-12H,(H,22,26). The van der Waals surface area contributed by atoms with Crippen LogP contribution in [0.4, 0.5) is 5.69 Å². The van der Waals surface area contributed by atoms with Crippen molar-refractivity contribution in [2.45, 2.75) is 0 Å². The molecule has 2 aromatic carbocycles. The lowest BCUT2D eigenvalue weighted by Gasteiger charge is -2.09. The molecule has 0 fully saturated rings. The lowest BCUT2D eigenvalue weighted by atomic mass is 10.1. The Morgan fingerprint density at radius 2 is 1.85 bits per heavy atom. The van der Waals surface area contributed by atoms with E-state index in [1.807, 2.05) is 48.5 Å². The number of para-hydroxylation sites is 2. The van der Waals surface area contributed by atoms with Gasteiger partial charge in [0.1, 0.15) is 11.3 Å². The van der Waals surface area contributed by atoms with E-state index in [9.17, 15) is 4.79 Å². The number of carbonyl (C=O) groups is 1. The van der Waals surface area contributed by atoms with Crippen LogP contribution in [-0.4, -0.2) is 25.5 Å². The van der Waals surface area contributed by atoms with Crippen molar-refractivity contribution in [1.29, 1.82) is 0 Å². The van der Waals surface area contributed by atoms with E-state index < -0.39 is 0 Å². The van der Waals surface area contributed by atoms with Crippen LogP contribution in [0.1, 0.15) is 10.4 Å². The molecule has 1 amide bonds. The van der Waals surface area contributed by atoms with E-state index in [0.29, 0.717) is 11.2 Å². The summed E-state index contributed by atoms with van der Waals surface area (Å²) in [5.74, 6) is -0.195. The van der Waals surface area contributed by atoms with Gasteiger partial charge < -0.3 is 5.32 Å². The molecule has 7 heteroatoms. The number of thiazole rings is 1. The summed E-state index contributed by atoms with van der Waals surface area (Å²) in [6.45, 7) is 0. The number of hydrogen-bond acceptors (Lipinski definition) is 5. The van der Waals surface area contributed by atoms with Crippen LogP contribution in [0.5, 0.6) is 0 Å². The molecular formula is C20H13N5OS. The summed E-state index contributed by atoms with van der Waals surface area (Å²) in [7, 11) is 0. The number of aromatic nitrogens is 4. The molecule has 1 N–H and O–H groups in total. The predicted molar refractivity (Wildman–Crippen MR) is 106 cm³/mol. The molecule has 0 saturated carbocycles. The normalized spacial score (nSPS) is 11.1. The Labute approximate surface area is 158 Å². The lowest BCUT2D eigenvalue weighted by molar-refractivity contribution is 0.102. The minimum atomic E-state index is -0.195. The molecule has 0 aliphatic heterocycles. The van der Waals surface area contributed by atoms with Gasteiger partial charge in [0.05, 0.1) is 21.5 Å². The summed E-state index contributed by atoms with van der Waals surface area (Å²) in [6.07, 6.45) is 3.28. The highest BCUT2D eigenvalue weighted by Gasteiger charge is 2.14. The number of nitrogens with zero attached hydrogens (tertiary/aromatic N) is 4. The summed E-state index contributed by atoms with van der Waals surface area (Å²) in [6, 6.07) is 19.2. The van der Waals surface area contributed by atoms with Crippen LogP contribution in [0.15, 0.2) is 73.2 Å². The Hall–Kier alpha value is -3.58. The van der Waals surface area contributed by atoms with Gasteiger partial charge in [-0.05, 0) is 36.4 Å². The molecule has 5 rings (SSSR count). The van der Waals surface area contributed by atoms with Gasteiger partial charge in [-0.3, -0.25) is 9.20 Å². The Morgan fingerprint density at radius 1 is 1.00 bits per heavy atom. The van der Waals surface area contributed by atoms with Crippen LogP contribution in [0.2, 0.25) is 0 Å². The number of benzene rings is 2. The molecule has 27 heavy (non-hydrogen) atoms. The van der Waals surface area contributed by atoms with Crippen LogP contribution >= 0.6 is 11.3 Å². The molecule has 3 aromatic heterocycles. The first-order valence-electron chi connectivity index (χ1n) is 8.34. The number of rotatable bonds is 3. The molecule has 0 aliphatic rings. The Balaban J connectivity index is 1.51. The lowest BCUT2D eigenvalue weighted by Crippen LogP contribution is -2.13. The second-order valence-electron chi connectivity index (χ2n) is 6.00. The van der Waals surface area contributed by atoms with Gasteiger partial charge in [-0.2, -0.15) is 0 Å². The first kappa shape index (κ1) is 15.7. The molecule has 0 aliphatic carbocycles. The molecule has 6 nitrogen and oxygen atoms in total. The molecule has 0 spiro atoms. The Morgan fingerprint density at radius 3 is 2.78 bits per heavy atom. The summed E-state index contributed by atoms with van der Waals surface area (Å²) in [5, 5.41) is 11.7. The second-order valence-corrected chi connectivity index (χ2v) is 7.03. The van der Waals surface area contributed by atoms with Gasteiger partial charge in [-0.25, -0.2) is 4.98 Å². The van der Waals surface area contributed by atoms with Crippen molar-refractivity contribution in [2.75, 3.05) is 5.32 Å². The van der Waals surface area contributed by atoms with E-state index in [4.69, 9.17) is 4.98 Å². The molecule has 5 aromatic rings. The molecule has 130 valence electrons. The van der Waals surface area contributed by atoms with E-state index in [0.717, 1.165) is 26.5 Å². The fourth-order valence-corrected chi connectivity index (χ4v) is 3.93. The minimum Gasteiger partial charge on any atom is -0.321 e. The van der Waals surface area contributed by atoms with Crippen molar-refractivity contribution >= 4 is 38.8 Å². The zero-order valence-electron chi connectivity index (χ0n) is 14.0. The largest absolute Gasteiger partial charge is 0.321 e. The van der Waals surface area contributed by atoms with Gasteiger partial charge in [-0.15, -0.1) is 21.5 Å². The van der Waals surface area contributed by atoms with Crippen LogP contribution in [0.3, 0.4) is 0 Å². The molecule has 0 atom stereocenters.